The molecule has 0 aromatic rings. The standard InChI is InChI=1S/C7H9ClO.C2H6/c1-5-4-6(8)2-3-7(5)9;1-2/h4,9H,2-3H2,1H3;1-2H3. The molecule has 1 rings (SSSR count). The molecule has 0 unspecified atom stereocenters. The van der Waals surface area contributed by atoms with E-state index in [-0.39, 0.29) is 0 Å². The maximum absolute atomic E-state index is 9.07. The monoisotopic (exact) mass is 174 g/mol. The maximum atomic E-state index is 9.07. The van der Waals surface area contributed by atoms with Gasteiger partial charge in [0.1, 0.15) is 0 Å². The highest BCUT2D eigenvalue weighted by Crippen LogP contribution is 2.23. The van der Waals surface area contributed by atoms with Gasteiger partial charge in [0.15, 0.2) is 0 Å². The van der Waals surface area contributed by atoms with Crippen LogP contribution in [0.4, 0.5) is 0 Å². The summed E-state index contributed by atoms with van der Waals surface area (Å²) in [5, 5.41) is 9.91. The largest absolute Gasteiger partial charge is 0.512 e. The van der Waals surface area contributed by atoms with Crippen LogP contribution in [-0.2, 0) is 0 Å². The van der Waals surface area contributed by atoms with Crippen LogP contribution in [0.5, 0.6) is 0 Å². The third-order valence-corrected chi connectivity index (χ3v) is 1.73. The Morgan fingerprint density at radius 3 is 2.27 bits per heavy atom. The molecule has 0 radical (unpaired) electrons. The minimum atomic E-state index is 0.472. The molecule has 1 aliphatic carbocycles. The fourth-order valence-corrected chi connectivity index (χ4v) is 1.08. The van der Waals surface area contributed by atoms with Gasteiger partial charge in [0.25, 0.3) is 0 Å². The van der Waals surface area contributed by atoms with E-state index in [1.54, 1.807) is 6.08 Å². The minimum absolute atomic E-state index is 0.472. The lowest BCUT2D eigenvalue weighted by Crippen LogP contribution is -1.92. The van der Waals surface area contributed by atoms with Gasteiger partial charge in [-0.3, -0.25) is 0 Å². The lowest BCUT2D eigenvalue weighted by atomic mass is 10.1. The Morgan fingerprint density at radius 1 is 1.36 bits per heavy atom. The number of halogens is 1. The third kappa shape index (κ3) is 3.47. The second-order valence-electron chi connectivity index (χ2n) is 2.22. The predicted molar refractivity (Wildman–Crippen MR) is 49.8 cm³/mol. The average molecular weight is 175 g/mol. The Morgan fingerprint density at radius 2 is 1.91 bits per heavy atom. The molecule has 11 heavy (non-hydrogen) atoms. The number of hydrogen-bond donors (Lipinski definition) is 1. The molecule has 0 heterocycles. The molecule has 64 valence electrons. The van der Waals surface area contributed by atoms with Crippen LogP contribution in [0.25, 0.3) is 0 Å². The van der Waals surface area contributed by atoms with E-state index in [1.165, 1.54) is 0 Å². The summed E-state index contributed by atoms with van der Waals surface area (Å²) in [5.74, 6) is 0.472. The fourth-order valence-electron chi connectivity index (χ4n) is 0.825. The average Bonchev–Trinajstić information content (AvgIpc) is 2.02. The first-order chi connectivity index (χ1) is 5.20. The summed E-state index contributed by atoms with van der Waals surface area (Å²) >= 11 is 5.69. The van der Waals surface area contributed by atoms with Crippen LogP contribution in [0.3, 0.4) is 0 Å². The highest BCUT2D eigenvalue weighted by atomic mass is 35.5. The minimum Gasteiger partial charge on any atom is -0.512 e. The van der Waals surface area contributed by atoms with Crippen LogP contribution in [-0.4, -0.2) is 5.11 Å². The SMILES string of the molecule is CC.CC1=C(O)CCC(Cl)=C1. The van der Waals surface area contributed by atoms with Crippen molar-refractivity contribution >= 4 is 11.6 Å². The van der Waals surface area contributed by atoms with Gasteiger partial charge in [0, 0.05) is 11.5 Å². The lowest BCUT2D eigenvalue weighted by Gasteiger charge is -2.08. The molecule has 0 saturated carbocycles. The summed E-state index contributed by atoms with van der Waals surface area (Å²) in [4.78, 5) is 0. The number of aliphatic hydroxyl groups excluding tert-OH is 1. The van der Waals surface area contributed by atoms with Crippen molar-refractivity contribution in [2.24, 2.45) is 0 Å². The van der Waals surface area contributed by atoms with Crippen molar-refractivity contribution in [3.05, 3.63) is 22.4 Å². The number of aliphatic hydroxyl groups is 1. The first-order valence-corrected chi connectivity index (χ1v) is 4.33. The quantitative estimate of drug-likeness (QED) is 0.593. The van der Waals surface area contributed by atoms with E-state index in [2.05, 4.69) is 0 Å². The smallest absolute Gasteiger partial charge is 0.0955 e. The summed E-state index contributed by atoms with van der Waals surface area (Å²) < 4.78 is 0. The van der Waals surface area contributed by atoms with E-state index < -0.39 is 0 Å². The Hall–Kier alpha value is -0.430. The summed E-state index contributed by atoms with van der Waals surface area (Å²) in [6, 6.07) is 0. The second kappa shape index (κ2) is 5.25. The molecule has 0 aromatic heterocycles. The van der Waals surface area contributed by atoms with Gasteiger partial charge in [0.05, 0.1) is 5.76 Å². The van der Waals surface area contributed by atoms with E-state index in [4.69, 9.17) is 16.7 Å². The van der Waals surface area contributed by atoms with E-state index >= 15 is 0 Å². The van der Waals surface area contributed by atoms with Crippen LogP contribution in [0.1, 0.15) is 33.6 Å². The van der Waals surface area contributed by atoms with Gasteiger partial charge in [0.2, 0.25) is 0 Å². The van der Waals surface area contributed by atoms with Gasteiger partial charge in [-0.1, -0.05) is 25.4 Å². The molecule has 0 saturated heterocycles. The van der Waals surface area contributed by atoms with Gasteiger partial charge in [-0.05, 0) is 25.0 Å². The normalized spacial score (nSPS) is 16.9. The van der Waals surface area contributed by atoms with E-state index in [9.17, 15) is 0 Å². The van der Waals surface area contributed by atoms with Gasteiger partial charge < -0.3 is 5.11 Å². The van der Waals surface area contributed by atoms with E-state index in [0.717, 1.165) is 17.0 Å². The number of hydrogen-bond acceptors (Lipinski definition) is 1. The Balaban J connectivity index is 0.000000461. The topological polar surface area (TPSA) is 20.2 Å². The van der Waals surface area contributed by atoms with Crippen molar-refractivity contribution in [1.82, 2.24) is 0 Å². The Labute approximate surface area is 73.4 Å². The zero-order chi connectivity index (χ0) is 8.85. The molecule has 0 bridgehead atoms. The molecule has 0 spiro atoms. The molecule has 0 amide bonds. The van der Waals surface area contributed by atoms with Crippen molar-refractivity contribution in [3.8, 4) is 0 Å². The molecule has 2 heteroatoms. The van der Waals surface area contributed by atoms with Crippen molar-refractivity contribution < 1.29 is 5.11 Å². The first-order valence-electron chi connectivity index (χ1n) is 3.95. The zero-order valence-corrected chi connectivity index (χ0v) is 8.07. The van der Waals surface area contributed by atoms with Crippen LogP contribution in [0.15, 0.2) is 22.4 Å². The summed E-state index contributed by atoms with van der Waals surface area (Å²) in [7, 11) is 0. The molecule has 0 atom stereocenters. The molecule has 0 aliphatic heterocycles. The molecule has 1 N–H and O–H groups in total. The lowest BCUT2D eigenvalue weighted by molar-refractivity contribution is 0.381. The molecular weight excluding hydrogens is 160 g/mol. The van der Waals surface area contributed by atoms with Gasteiger partial charge >= 0.3 is 0 Å². The Kier molecular flexibility index (Phi) is 5.05. The van der Waals surface area contributed by atoms with Crippen LogP contribution >= 0.6 is 11.6 Å². The molecule has 1 aliphatic rings. The fraction of sp³-hybridized carbons (Fsp3) is 0.556. The van der Waals surface area contributed by atoms with Crippen molar-refractivity contribution in [2.45, 2.75) is 33.6 Å². The van der Waals surface area contributed by atoms with E-state index in [1.807, 2.05) is 20.8 Å². The summed E-state index contributed by atoms with van der Waals surface area (Å²) in [6.45, 7) is 5.86. The summed E-state index contributed by atoms with van der Waals surface area (Å²) in [5.41, 5.74) is 0.895. The molecular formula is C9H15ClO. The van der Waals surface area contributed by atoms with Gasteiger partial charge in [-0.25, -0.2) is 0 Å². The molecule has 0 fully saturated rings. The van der Waals surface area contributed by atoms with Crippen molar-refractivity contribution in [3.63, 3.8) is 0 Å². The van der Waals surface area contributed by atoms with Gasteiger partial charge in [-0.15, -0.1) is 0 Å². The highest BCUT2D eigenvalue weighted by molar-refractivity contribution is 6.29. The predicted octanol–water partition coefficient (Wildman–Crippen LogP) is 3.76. The highest BCUT2D eigenvalue weighted by Gasteiger charge is 2.06. The maximum Gasteiger partial charge on any atom is 0.0955 e. The van der Waals surface area contributed by atoms with Crippen molar-refractivity contribution in [1.29, 1.82) is 0 Å². The number of rotatable bonds is 0. The molecule has 1 nitrogen and oxygen atoms in total. The zero-order valence-electron chi connectivity index (χ0n) is 7.32. The number of allylic oxidation sites excluding steroid dienone is 4. The first kappa shape index (κ1) is 10.6. The Bertz CT molecular complexity index is 180. The van der Waals surface area contributed by atoms with Crippen molar-refractivity contribution in [2.75, 3.05) is 0 Å². The van der Waals surface area contributed by atoms with Crippen LogP contribution in [0, 0.1) is 0 Å². The second-order valence-corrected chi connectivity index (χ2v) is 2.71. The van der Waals surface area contributed by atoms with Crippen LogP contribution in [0.2, 0.25) is 0 Å². The van der Waals surface area contributed by atoms with E-state index in [0.29, 0.717) is 12.2 Å². The van der Waals surface area contributed by atoms with Gasteiger partial charge in [-0.2, -0.15) is 0 Å². The summed E-state index contributed by atoms with van der Waals surface area (Å²) in [6.07, 6.45) is 3.28. The van der Waals surface area contributed by atoms with Crippen LogP contribution < -0.4 is 0 Å². The third-order valence-electron chi connectivity index (χ3n) is 1.43. The molecule has 0 aromatic carbocycles.